The van der Waals surface area contributed by atoms with Crippen LogP contribution in [0.3, 0.4) is 0 Å². The van der Waals surface area contributed by atoms with Gasteiger partial charge >= 0.3 is 5.97 Å². The van der Waals surface area contributed by atoms with Crippen molar-refractivity contribution < 1.29 is 14.6 Å². The molecule has 0 aromatic heterocycles. The monoisotopic (exact) mass is 159 g/mol. The summed E-state index contributed by atoms with van der Waals surface area (Å²) in [5.41, 5.74) is 3.97. The number of hydrogen-bond acceptors (Lipinski definition) is 3. The van der Waals surface area contributed by atoms with Crippen molar-refractivity contribution in [1.29, 1.82) is 0 Å². The molecule has 1 atom stereocenters. The summed E-state index contributed by atoms with van der Waals surface area (Å²) in [6, 6.07) is 0. The van der Waals surface area contributed by atoms with Gasteiger partial charge in [0.15, 0.2) is 0 Å². The molecular formula is C7H13NO3. The summed E-state index contributed by atoms with van der Waals surface area (Å²) >= 11 is 0. The van der Waals surface area contributed by atoms with Crippen molar-refractivity contribution in [2.75, 3.05) is 13.2 Å². The zero-order chi connectivity index (χ0) is 8.70. The van der Waals surface area contributed by atoms with E-state index in [1.165, 1.54) is 0 Å². The largest absolute Gasteiger partial charge is 0.480 e. The van der Waals surface area contributed by atoms with Gasteiger partial charge in [-0.15, -0.1) is 0 Å². The first kappa shape index (κ1) is 8.49. The summed E-state index contributed by atoms with van der Waals surface area (Å²) in [6.07, 6.45) is 0. The topological polar surface area (TPSA) is 72.5 Å². The summed E-state index contributed by atoms with van der Waals surface area (Å²) in [5.74, 6) is -0.986. The molecule has 4 nitrogen and oxygen atoms in total. The standard InChI is InChI=1S/C7H13NO3/c1-6(2)3-11-4-7(6,8)5(9)10/h3-4,8H2,1-2H3,(H,9,10). The van der Waals surface area contributed by atoms with Gasteiger partial charge in [0.1, 0.15) is 5.54 Å². The van der Waals surface area contributed by atoms with Gasteiger partial charge in [0.05, 0.1) is 13.2 Å². The molecule has 4 heteroatoms. The van der Waals surface area contributed by atoms with Gasteiger partial charge in [0.2, 0.25) is 0 Å². The van der Waals surface area contributed by atoms with Crippen molar-refractivity contribution in [2.45, 2.75) is 19.4 Å². The zero-order valence-corrected chi connectivity index (χ0v) is 6.76. The van der Waals surface area contributed by atoms with E-state index >= 15 is 0 Å². The Hall–Kier alpha value is -0.610. The molecule has 0 bridgehead atoms. The van der Waals surface area contributed by atoms with E-state index in [-0.39, 0.29) is 6.61 Å². The van der Waals surface area contributed by atoms with Crippen LogP contribution in [0.1, 0.15) is 13.8 Å². The van der Waals surface area contributed by atoms with E-state index in [1.807, 2.05) is 0 Å². The molecule has 0 spiro atoms. The smallest absolute Gasteiger partial charge is 0.326 e. The highest BCUT2D eigenvalue weighted by molar-refractivity contribution is 5.80. The highest BCUT2D eigenvalue weighted by atomic mass is 16.5. The Balaban J connectivity index is 2.93. The van der Waals surface area contributed by atoms with Crippen LogP contribution in [0.5, 0.6) is 0 Å². The molecule has 0 aromatic carbocycles. The quantitative estimate of drug-likeness (QED) is 0.557. The van der Waals surface area contributed by atoms with Crippen molar-refractivity contribution in [3.63, 3.8) is 0 Å². The van der Waals surface area contributed by atoms with Crippen molar-refractivity contribution in [2.24, 2.45) is 11.1 Å². The number of carboxylic acid groups (broad SMARTS) is 1. The molecule has 1 unspecified atom stereocenters. The maximum Gasteiger partial charge on any atom is 0.326 e. The molecule has 0 amide bonds. The maximum absolute atomic E-state index is 10.7. The van der Waals surface area contributed by atoms with E-state index in [9.17, 15) is 4.79 Å². The SMILES string of the molecule is CC1(C)COCC1(N)C(=O)O. The molecule has 0 aliphatic carbocycles. The summed E-state index contributed by atoms with van der Waals surface area (Å²) in [7, 11) is 0. The first-order valence-electron chi connectivity index (χ1n) is 3.50. The highest BCUT2D eigenvalue weighted by Crippen LogP contribution is 2.35. The minimum atomic E-state index is -1.22. The Bertz CT molecular complexity index is 190. The van der Waals surface area contributed by atoms with Crippen LogP contribution in [0.25, 0.3) is 0 Å². The van der Waals surface area contributed by atoms with E-state index in [1.54, 1.807) is 13.8 Å². The van der Waals surface area contributed by atoms with E-state index < -0.39 is 16.9 Å². The molecule has 3 N–H and O–H groups in total. The molecule has 1 rings (SSSR count). The molecule has 11 heavy (non-hydrogen) atoms. The van der Waals surface area contributed by atoms with Crippen LogP contribution in [-0.4, -0.2) is 29.8 Å². The van der Waals surface area contributed by atoms with Crippen molar-refractivity contribution in [3.05, 3.63) is 0 Å². The second-order valence-electron chi connectivity index (χ2n) is 3.65. The van der Waals surface area contributed by atoms with Crippen LogP contribution in [0.15, 0.2) is 0 Å². The average Bonchev–Trinajstić information content (AvgIpc) is 2.09. The Morgan fingerprint density at radius 3 is 2.27 bits per heavy atom. The minimum absolute atomic E-state index is 0.106. The third-order valence-electron chi connectivity index (χ3n) is 2.38. The number of nitrogens with two attached hydrogens (primary N) is 1. The van der Waals surface area contributed by atoms with Gasteiger partial charge in [0.25, 0.3) is 0 Å². The van der Waals surface area contributed by atoms with Crippen LogP contribution in [-0.2, 0) is 9.53 Å². The minimum Gasteiger partial charge on any atom is -0.480 e. The maximum atomic E-state index is 10.7. The Kier molecular flexibility index (Phi) is 1.69. The number of rotatable bonds is 1. The van der Waals surface area contributed by atoms with Crippen LogP contribution in [0.4, 0.5) is 0 Å². The predicted octanol–water partition coefficient (Wildman–Crippen LogP) is -0.175. The lowest BCUT2D eigenvalue weighted by molar-refractivity contribution is -0.146. The third kappa shape index (κ3) is 1.02. The Morgan fingerprint density at radius 2 is 2.09 bits per heavy atom. The number of carboxylic acids is 1. The predicted molar refractivity (Wildman–Crippen MR) is 39.2 cm³/mol. The van der Waals surface area contributed by atoms with Gasteiger partial charge in [-0.2, -0.15) is 0 Å². The lowest BCUT2D eigenvalue weighted by Crippen LogP contribution is -2.58. The van der Waals surface area contributed by atoms with Crippen LogP contribution < -0.4 is 5.73 Å². The summed E-state index contributed by atoms with van der Waals surface area (Å²) in [4.78, 5) is 10.7. The lowest BCUT2D eigenvalue weighted by Gasteiger charge is -2.30. The van der Waals surface area contributed by atoms with Gasteiger partial charge in [-0.05, 0) is 0 Å². The fraction of sp³-hybridized carbons (Fsp3) is 0.857. The Morgan fingerprint density at radius 1 is 1.55 bits per heavy atom. The van der Waals surface area contributed by atoms with Crippen LogP contribution in [0, 0.1) is 5.41 Å². The van der Waals surface area contributed by atoms with Gasteiger partial charge < -0.3 is 15.6 Å². The second kappa shape index (κ2) is 2.19. The number of ether oxygens (including phenoxy) is 1. The van der Waals surface area contributed by atoms with E-state index in [0.717, 1.165) is 0 Å². The highest BCUT2D eigenvalue weighted by Gasteiger charge is 2.53. The van der Waals surface area contributed by atoms with E-state index in [0.29, 0.717) is 6.61 Å². The number of hydrogen-bond donors (Lipinski definition) is 2. The molecule has 0 aromatic rings. The van der Waals surface area contributed by atoms with E-state index in [2.05, 4.69) is 0 Å². The van der Waals surface area contributed by atoms with Gasteiger partial charge in [-0.3, -0.25) is 4.79 Å². The van der Waals surface area contributed by atoms with Crippen LogP contribution >= 0.6 is 0 Å². The summed E-state index contributed by atoms with van der Waals surface area (Å²) in [5, 5.41) is 8.80. The molecule has 1 fully saturated rings. The molecular weight excluding hydrogens is 146 g/mol. The Labute approximate surface area is 65.3 Å². The second-order valence-corrected chi connectivity index (χ2v) is 3.65. The fourth-order valence-electron chi connectivity index (χ4n) is 1.14. The van der Waals surface area contributed by atoms with Gasteiger partial charge in [0, 0.05) is 5.41 Å². The fourth-order valence-corrected chi connectivity index (χ4v) is 1.14. The summed E-state index contributed by atoms with van der Waals surface area (Å²) in [6.45, 7) is 4.12. The first-order valence-corrected chi connectivity index (χ1v) is 3.50. The molecule has 1 aliphatic rings. The van der Waals surface area contributed by atoms with E-state index in [4.69, 9.17) is 15.6 Å². The van der Waals surface area contributed by atoms with Crippen molar-refractivity contribution in [3.8, 4) is 0 Å². The molecule has 64 valence electrons. The summed E-state index contributed by atoms with van der Waals surface area (Å²) < 4.78 is 5.03. The van der Waals surface area contributed by atoms with Crippen molar-refractivity contribution >= 4 is 5.97 Å². The molecule has 1 saturated heterocycles. The lowest BCUT2D eigenvalue weighted by atomic mass is 9.76. The average molecular weight is 159 g/mol. The molecule has 1 aliphatic heterocycles. The molecule has 0 saturated carbocycles. The number of carbonyl (C=O) groups is 1. The number of aliphatic carboxylic acids is 1. The molecule has 1 heterocycles. The normalized spacial score (nSPS) is 35.5. The van der Waals surface area contributed by atoms with Crippen molar-refractivity contribution in [1.82, 2.24) is 0 Å². The van der Waals surface area contributed by atoms with Gasteiger partial charge in [-0.1, -0.05) is 13.8 Å². The van der Waals surface area contributed by atoms with Crippen LogP contribution in [0.2, 0.25) is 0 Å². The third-order valence-corrected chi connectivity index (χ3v) is 2.38. The first-order chi connectivity index (χ1) is 4.90. The van der Waals surface area contributed by atoms with Gasteiger partial charge in [-0.25, -0.2) is 0 Å². The zero-order valence-electron chi connectivity index (χ0n) is 6.76. The molecule has 0 radical (unpaired) electrons.